The van der Waals surface area contributed by atoms with Crippen molar-refractivity contribution < 1.29 is 4.74 Å². The highest BCUT2D eigenvalue weighted by molar-refractivity contribution is 5.20. The standard InChI is InChI=1S/C17H24N2O/c1-16(2)12-19(13-17(3,4)20-16)15(10-11-18)14-8-6-5-7-9-14/h5-9,15H,10,12-13H2,1-4H3. The monoisotopic (exact) mass is 272 g/mol. The number of ether oxygens (including phenoxy) is 1. The van der Waals surface area contributed by atoms with Gasteiger partial charge in [-0.05, 0) is 33.3 Å². The highest BCUT2D eigenvalue weighted by Gasteiger charge is 2.40. The molecule has 1 aromatic carbocycles. The molecule has 1 unspecified atom stereocenters. The molecule has 0 amide bonds. The summed E-state index contributed by atoms with van der Waals surface area (Å²) in [6.45, 7) is 10.2. The molecule has 1 atom stereocenters. The lowest BCUT2D eigenvalue weighted by molar-refractivity contribution is -0.188. The lowest BCUT2D eigenvalue weighted by atomic mass is 9.94. The van der Waals surface area contributed by atoms with Crippen molar-refractivity contribution in [3.63, 3.8) is 0 Å². The van der Waals surface area contributed by atoms with Gasteiger partial charge in [-0.15, -0.1) is 0 Å². The zero-order chi connectivity index (χ0) is 14.8. The van der Waals surface area contributed by atoms with E-state index < -0.39 is 0 Å². The lowest BCUT2D eigenvalue weighted by Crippen LogP contribution is -2.57. The third-order valence-corrected chi connectivity index (χ3v) is 3.63. The fourth-order valence-electron chi connectivity index (χ4n) is 3.29. The van der Waals surface area contributed by atoms with Crippen LogP contribution in [-0.2, 0) is 4.74 Å². The zero-order valence-electron chi connectivity index (χ0n) is 12.9. The van der Waals surface area contributed by atoms with Crippen LogP contribution in [0.2, 0.25) is 0 Å². The van der Waals surface area contributed by atoms with Crippen molar-refractivity contribution >= 4 is 0 Å². The molecule has 1 aliphatic rings. The molecule has 2 rings (SSSR count). The number of morpholine rings is 1. The predicted molar refractivity (Wildman–Crippen MR) is 80.2 cm³/mol. The number of nitriles is 1. The first-order valence-corrected chi connectivity index (χ1v) is 7.19. The minimum Gasteiger partial charge on any atom is -0.367 e. The number of hydrogen-bond donors (Lipinski definition) is 0. The van der Waals surface area contributed by atoms with Gasteiger partial charge >= 0.3 is 0 Å². The molecule has 3 nitrogen and oxygen atoms in total. The third kappa shape index (κ3) is 3.59. The second-order valence-corrected chi connectivity index (χ2v) is 6.82. The molecule has 1 aliphatic heterocycles. The van der Waals surface area contributed by atoms with E-state index in [-0.39, 0.29) is 17.2 Å². The van der Waals surface area contributed by atoms with E-state index in [2.05, 4.69) is 50.8 Å². The van der Waals surface area contributed by atoms with Crippen LogP contribution in [0.4, 0.5) is 0 Å². The van der Waals surface area contributed by atoms with Gasteiger partial charge in [0.15, 0.2) is 0 Å². The molecule has 0 radical (unpaired) electrons. The van der Waals surface area contributed by atoms with E-state index in [1.54, 1.807) is 0 Å². The van der Waals surface area contributed by atoms with E-state index in [9.17, 15) is 5.26 Å². The van der Waals surface area contributed by atoms with Crippen molar-refractivity contribution in [1.29, 1.82) is 5.26 Å². The van der Waals surface area contributed by atoms with Gasteiger partial charge < -0.3 is 4.74 Å². The van der Waals surface area contributed by atoms with Crippen LogP contribution in [0.1, 0.15) is 45.7 Å². The van der Waals surface area contributed by atoms with Gasteiger partial charge in [-0.3, -0.25) is 4.90 Å². The molecule has 0 bridgehead atoms. The van der Waals surface area contributed by atoms with Crippen LogP contribution < -0.4 is 0 Å². The molecule has 0 spiro atoms. The molecule has 0 aromatic heterocycles. The Morgan fingerprint density at radius 2 is 1.70 bits per heavy atom. The van der Waals surface area contributed by atoms with Crippen LogP contribution in [0.25, 0.3) is 0 Å². The van der Waals surface area contributed by atoms with Crippen molar-refractivity contribution in [3.05, 3.63) is 35.9 Å². The van der Waals surface area contributed by atoms with Crippen molar-refractivity contribution in [2.75, 3.05) is 13.1 Å². The molecule has 20 heavy (non-hydrogen) atoms. The first kappa shape index (κ1) is 15.0. The number of nitrogens with zero attached hydrogens (tertiary/aromatic N) is 2. The Morgan fingerprint density at radius 1 is 1.15 bits per heavy atom. The molecular formula is C17H24N2O. The highest BCUT2D eigenvalue weighted by Crippen LogP contribution is 2.34. The molecule has 1 aromatic rings. The van der Waals surface area contributed by atoms with Crippen molar-refractivity contribution in [3.8, 4) is 6.07 Å². The van der Waals surface area contributed by atoms with Crippen LogP contribution in [0, 0.1) is 11.3 Å². The highest BCUT2D eigenvalue weighted by atomic mass is 16.5. The summed E-state index contributed by atoms with van der Waals surface area (Å²) < 4.78 is 6.13. The minimum absolute atomic E-state index is 0.142. The maximum absolute atomic E-state index is 9.18. The molecular weight excluding hydrogens is 248 g/mol. The Labute approximate surface area is 122 Å². The summed E-state index contributed by atoms with van der Waals surface area (Å²) in [7, 11) is 0. The van der Waals surface area contributed by atoms with E-state index in [0.717, 1.165) is 13.1 Å². The zero-order valence-corrected chi connectivity index (χ0v) is 12.9. The Bertz CT molecular complexity index is 471. The van der Waals surface area contributed by atoms with Crippen molar-refractivity contribution in [1.82, 2.24) is 4.90 Å². The summed E-state index contributed by atoms with van der Waals surface area (Å²) in [5.74, 6) is 0. The topological polar surface area (TPSA) is 36.3 Å². The molecule has 0 N–H and O–H groups in total. The smallest absolute Gasteiger partial charge is 0.0761 e. The first-order valence-electron chi connectivity index (χ1n) is 7.19. The van der Waals surface area contributed by atoms with Gasteiger partial charge in [0, 0.05) is 19.1 Å². The normalized spacial score (nSPS) is 22.9. The summed E-state index contributed by atoms with van der Waals surface area (Å²) in [4.78, 5) is 2.39. The van der Waals surface area contributed by atoms with Gasteiger partial charge in [0.1, 0.15) is 0 Å². The number of rotatable bonds is 3. The van der Waals surface area contributed by atoms with Gasteiger partial charge in [-0.2, -0.15) is 5.26 Å². The summed E-state index contributed by atoms with van der Waals surface area (Å²) in [6, 6.07) is 12.8. The second kappa shape index (κ2) is 5.55. The fraction of sp³-hybridized carbons (Fsp3) is 0.588. The summed E-state index contributed by atoms with van der Waals surface area (Å²) in [5, 5.41) is 9.18. The van der Waals surface area contributed by atoms with Crippen molar-refractivity contribution in [2.24, 2.45) is 0 Å². The quantitative estimate of drug-likeness (QED) is 0.844. The van der Waals surface area contributed by atoms with Gasteiger partial charge in [0.25, 0.3) is 0 Å². The number of hydrogen-bond acceptors (Lipinski definition) is 3. The van der Waals surface area contributed by atoms with Crippen LogP contribution in [-0.4, -0.2) is 29.2 Å². The Balaban J connectivity index is 2.28. The van der Waals surface area contributed by atoms with Crippen LogP contribution >= 0.6 is 0 Å². The SMILES string of the molecule is CC1(C)CN(C(CC#N)c2ccccc2)CC(C)(C)O1. The van der Waals surface area contributed by atoms with Crippen molar-refractivity contribution in [2.45, 2.75) is 51.4 Å². The van der Waals surface area contributed by atoms with Gasteiger partial charge in [0.05, 0.1) is 23.7 Å². The summed E-state index contributed by atoms with van der Waals surface area (Å²) in [6.07, 6.45) is 0.510. The Hall–Kier alpha value is -1.37. The Morgan fingerprint density at radius 3 is 2.20 bits per heavy atom. The van der Waals surface area contributed by atoms with Gasteiger partial charge in [-0.1, -0.05) is 30.3 Å². The molecule has 108 valence electrons. The molecule has 0 saturated carbocycles. The molecule has 3 heteroatoms. The van der Waals surface area contributed by atoms with E-state index in [1.807, 2.05) is 18.2 Å². The average Bonchev–Trinajstić information content (AvgIpc) is 2.33. The lowest BCUT2D eigenvalue weighted by Gasteiger charge is -2.49. The molecule has 1 heterocycles. The van der Waals surface area contributed by atoms with E-state index in [0.29, 0.717) is 6.42 Å². The van der Waals surface area contributed by atoms with E-state index >= 15 is 0 Å². The minimum atomic E-state index is -0.190. The largest absolute Gasteiger partial charge is 0.367 e. The molecule has 1 saturated heterocycles. The van der Waals surface area contributed by atoms with Crippen LogP contribution in [0.3, 0.4) is 0 Å². The third-order valence-electron chi connectivity index (χ3n) is 3.63. The second-order valence-electron chi connectivity index (χ2n) is 6.82. The first-order chi connectivity index (χ1) is 9.33. The maximum atomic E-state index is 9.18. The molecule has 0 aliphatic carbocycles. The fourth-order valence-corrected chi connectivity index (χ4v) is 3.29. The van der Waals surface area contributed by atoms with Gasteiger partial charge in [-0.25, -0.2) is 0 Å². The van der Waals surface area contributed by atoms with Gasteiger partial charge in [0.2, 0.25) is 0 Å². The maximum Gasteiger partial charge on any atom is 0.0761 e. The van der Waals surface area contributed by atoms with Crippen LogP contribution in [0.5, 0.6) is 0 Å². The summed E-state index contributed by atoms with van der Waals surface area (Å²) in [5.41, 5.74) is 0.830. The molecule has 1 fully saturated rings. The van der Waals surface area contributed by atoms with E-state index in [4.69, 9.17) is 4.74 Å². The van der Waals surface area contributed by atoms with E-state index in [1.165, 1.54) is 5.56 Å². The van der Waals surface area contributed by atoms with Crippen LogP contribution in [0.15, 0.2) is 30.3 Å². The number of benzene rings is 1. The Kier molecular flexibility index (Phi) is 4.17. The average molecular weight is 272 g/mol. The predicted octanol–water partition coefficient (Wildman–Crippen LogP) is 3.53. The summed E-state index contributed by atoms with van der Waals surface area (Å²) >= 11 is 0.